The van der Waals surface area contributed by atoms with Gasteiger partial charge in [0.1, 0.15) is 6.61 Å². The van der Waals surface area contributed by atoms with E-state index in [4.69, 9.17) is 15.2 Å². The molecule has 0 amide bonds. The topological polar surface area (TPSA) is 75.2 Å². The number of para-hydroxylation sites is 2. The smallest absolute Gasteiger partial charge is 0.161 e. The highest BCUT2D eigenvalue weighted by atomic mass is 16.5. The summed E-state index contributed by atoms with van der Waals surface area (Å²) in [6, 6.07) is 7.53. The Morgan fingerprint density at radius 3 is 2.72 bits per heavy atom. The van der Waals surface area contributed by atoms with Gasteiger partial charge in [-0.2, -0.15) is 0 Å². The average molecular weight is 248 g/mol. The van der Waals surface area contributed by atoms with Crippen molar-refractivity contribution >= 4 is 0 Å². The quantitative estimate of drug-likeness (QED) is 0.819. The van der Waals surface area contributed by atoms with Gasteiger partial charge in [-0.3, -0.25) is 0 Å². The first kappa shape index (κ1) is 12.4. The molecule has 0 atom stereocenters. The third-order valence-electron chi connectivity index (χ3n) is 2.44. The van der Waals surface area contributed by atoms with Crippen LogP contribution in [0.2, 0.25) is 0 Å². The fourth-order valence-electron chi connectivity index (χ4n) is 1.53. The lowest BCUT2D eigenvalue weighted by Crippen LogP contribution is -2.09. The minimum Gasteiger partial charge on any atom is -0.493 e. The van der Waals surface area contributed by atoms with E-state index in [1.807, 2.05) is 30.5 Å². The summed E-state index contributed by atoms with van der Waals surface area (Å²) in [7, 11) is 1.62. The van der Waals surface area contributed by atoms with Crippen LogP contribution >= 0.6 is 0 Å². The Labute approximate surface area is 105 Å². The molecule has 0 radical (unpaired) electrons. The summed E-state index contributed by atoms with van der Waals surface area (Å²) in [6.07, 6.45) is 1.81. The average Bonchev–Trinajstić information content (AvgIpc) is 2.87. The summed E-state index contributed by atoms with van der Waals surface area (Å²) in [5.74, 6) is 1.44. The summed E-state index contributed by atoms with van der Waals surface area (Å²) in [4.78, 5) is 0. The monoisotopic (exact) mass is 248 g/mol. The molecule has 2 rings (SSSR count). The van der Waals surface area contributed by atoms with Gasteiger partial charge in [0.25, 0.3) is 0 Å². The van der Waals surface area contributed by atoms with Crippen molar-refractivity contribution in [2.75, 3.05) is 13.7 Å². The molecular weight excluding hydrogens is 232 g/mol. The fraction of sp³-hybridized carbons (Fsp3) is 0.333. The van der Waals surface area contributed by atoms with E-state index < -0.39 is 0 Å². The predicted molar refractivity (Wildman–Crippen MR) is 66.4 cm³/mol. The Kier molecular flexibility index (Phi) is 4.14. The fourth-order valence-corrected chi connectivity index (χ4v) is 1.53. The lowest BCUT2D eigenvalue weighted by molar-refractivity contribution is 0.273. The van der Waals surface area contributed by atoms with Crippen molar-refractivity contribution in [3.63, 3.8) is 0 Å². The Bertz CT molecular complexity index is 498. The first-order valence-corrected chi connectivity index (χ1v) is 5.68. The van der Waals surface area contributed by atoms with Crippen LogP contribution in [0.15, 0.2) is 30.5 Å². The predicted octanol–water partition coefficient (Wildman–Crippen LogP) is 0.824. The Hall–Kier alpha value is -2.08. The van der Waals surface area contributed by atoms with Crippen LogP contribution in [-0.2, 0) is 13.1 Å². The van der Waals surface area contributed by atoms with E-state index in [2.05, 4.69) is 10.3 Å². The standard InChI is InChI=1S/C12H16N4O2/c1-17-11-4-2-3-5-12(11)18-7-6-16-9-10(8-13)14-15-16/h2-5,9H,6-8,13H2,1H3. The van der Waals surface area contributed by atoms with Gasteiger partial charge in [-0.1, -0.05) is 17.3 Å². The van der Waals surface area contributed by atoms with Crippen molar-refractivity contribution in [1.82, 2.24) is 15.0 Å². The molecular formula is C12H16N4O2. The molecule has 6 heteroatoms. The number of nitrogens with zero attached hydrogens (tertiary/aromatic N) is 3. The SMILES string of the molecule is COc1ccccc1OCCn1cc(CN)nn1. The minimum atomic E-state index is 0.396. The third-order valence-corrected chi connectivity index (χ3v) is 2.44. The zero-order valence-electron chi connectivity index (χ0n) is 10.2. The van der Waals surface area contributed by atoms with Crippen molar-refractivity contribution in [2.45, 2.75) is 13.1 Å². The molecule has 0 spiro atoms. The molecule has 0 unspecified atom stereocenters. The molecule has 6 nitrogen and oxygen atoms in total. The molecule has 0 bridgehead atoms. The van der Waals surface area contributed by atoms with Gasteiger partial charge in [0.2, 0.25) is 0 Å². The van der Waals surface area contributed by atoms with E-state index in [0.717, 1.165) is 17.2 Å². The van der Waals surface area contributed by atoms with Gasteiger partial charge in [0, 0.05) is 12.7 Å². The second kappa shape index (κ2) is 6.02. The maximum Gasteiger partial charge on any atom is 0.161 e. The molecule has 0 fully saturated rings. The summed E-state index contributed by atoms with van der Waals surface area (Å²) in [5, 5.41) is 7.84. The lowest BCUT2D eigenvalue weighted by Gasteiger charge is -2.09. The van der Waals surface area contributed by atoms with E-state index in [-0.39, 0.29) is 0 Å². The van der Waals surface area contributed by atoms with Gasteiger partial charge in [-0.05, 0) is 12.1 Å². The Morgan fingerprint density at radius 1 is 1.28 bits per heavy atom. The van der Waals surface area contributed by atoms with Crippen LogP contribution < -0.4 is 15.2 Å². The number of nitrogens with two attached hydrogens (primary N) is 1. The molecule has 18 heavy (non-hydrogen) atoms. The van der Waals surface area contributed by atoms with Gasteiger partial charge in [-0.25, -0.2) is 4.68 Å². The molecule has 0 saturated carbocycles. The van der Waals surface area contributed by atoms with Crippen LogP contribution in [0.5, 0.6) is 11.5 Å². The molecule has 1 heterocycles. The highest BCUT2D eigenvalue weighted by Gasteiger charge is 2.03. The number of benzene rings is 1. The highest BCUT2D eigenvalue weighted by molar-refractivity contribution is 5.39. The molecule has 0 aliphatic heterocycles. The number of hydrogen-bond donors (Lipinski definition) is 1. The first-order valence-electron chi connectivity index (χ1n) is 5.68. The number of ether oxygens (including phenoxy) is 2. The zero-order valence-corrected chi connectivity index (χ0v) is 10.2. The van der Waals surface area contributed by atoms with Crippen LogP contribution in [0.1, 0.15) is 5.69 Å². The maximum absolute atomic E-state index is 5.63. The van der Waals surface area contributed by atoms with Crippen molar-refractivity contribution in [3.8, 4) is 11.5 Å². The van der Waals surface area contributed by atoms with E-state index in [1.165, 1.54) is 0 Å². The maximum atomic E-state index is 5.63. The first-order chi connectivity index (χ1) is 8.83. The van der Waals surface area contributed by atoms with Crippen LogP contribution in [0.25, 0.3) is 0 Å². The number of rotatable bonds is 6. The van der Waals surface area contributed by atoms with Crippen LogP contribution in [0, 0.1) is 0 Å². The van der Waals surface area contributed by atoms with Crippen molar-refractivity contribution in [3.05, 3.63) is 36.2 Å². The van der Waals surface area contributed by atoms with E-state index in [0.29, 0.717) is 19.7 Å². The van der Waals surface area contributed by atoms with Crippen LogP contribution in [0.4, 0.5) is 0 Å². The molecule has 0 aliphatic rings. The summed E-state index contributed by atoms with van der Waals surface area (Å²) in [5.41, 5.74) is 6.23. The number of methoxy groups -OCH3 is 1. The Balaban J connectivity index is 1.88. The van der Waals surface area contributed by atoms with Crippen molar-refractivity contribution in [1.29, 1.82) is 0 Å². The lowest BCUT2D eigenvalue weighted by atomic mass is 10.3. The highest BCUT2D eigenvalue weighted by Crippen LogP contribution is 2.25. The van der Waals surface area contributed by atoms with E-state index in [1.54, 1.807) is 11.8 Å². The summed E-state index contributed by atoms with van der Waals surface area (Å²) < 4.78 is 12.5. The molecule has 2 aromatic rings. The molecule has 1 aromatic heterocycles. The van der Waals surface area contributed by atoms with Crippen LogP contribution in [0.3, 0.4) is 0 Å². The normalized spacial score (nSPS) is 10.3. The van der Waals surface area contributed by atoms with E-state index >= 15 is 0 Å². The molecule has 1 aromatic carbocycles. The van der Waals surface area contributed by atoms with E-state index in [9.17, 15) is 0 Å². The molecule has 96 valence electrons. The summed E-state index contributed by atoms with van der Waals surface area (Å²) >= 11 is 0. The zero-order chi connectivity index (χ0) is 12.8. The van der Waals surface area contributed by atoms with Crippen LogP contribution in [-0.4, -0.2) is 28.7 Å². The van der Waals surface area contributed by atoms with Crippen molar-refractivity contribution < 1.29 is 9.47 Å². The summed E-state index contributed by atoms with van der Waals surface area (Å²) in [6.45, 7) is 1.51. The van der Waals surface area contributed by atoms with Crippen molar-refractivity contribution in [2.24, 2.45) is 5.73 Å². The minimum absolute atomic E-state index is 0.396. The van der Waals surface area contributed by atoms with Gasteiger partial charge >= 0.3 is 0 Å². The Morgan fingerprint density at radius 2 is 2.06 bits per heavy atom. The molecule has 0 aliphatic carbocycles. The number of hydrogen-bond acceptors (Lipinski definition) is 5. The molecule has 2 N–H and O–H groups in total. The number of aromatic nitrogens is 3. The largest absolute Gasteiger partial charge is 0.493 e. The van der Waals surface area contributed by atoms with Gasteiger partial charge in [-0.15, -0.1) is 5.10 Å². The third kappa shape index (κ3) is 2.98. The van der Waals surface area contributed by atoms with Gasteiger partial charge in [0.05, 0.1) is 19.3 Å². The second-order valence-corrected chi connectivity index (χ2v) is 3.68. The molecule has 0 saturated heterocycles. The second-order valence-electron chi connectivity index (χ2n) is 3.68. The van der Waals surface area contributed by atoms with Gasteiger partial charge < -0.3 is 15.2 Å². The van der Waals surface area contributed by atoms with Gasteiger partial charge in [0.15, 0.2) is 11.5 Å².